The van der Waals surface area contributed by atoms with Gasteiger partial charge in [0.15, 0.2) is 0 Å². The number of rotatable bonds is 16. The lowest BCUT2D eigenvalue weighted by Gasteiger charge is -2.21. The SMILES string of the molecule is CCCCCC(=O)Nc1c(C)cc(C)c(N=c2cc3oc4cc(Nc5c(C)cc(C)c(NC(=O)CCCCC)c5C)ccc4c(-c4ccccc4S(=O)(=O)O)c-3cc2S(=O)(=O)O)c1C. The Labute approximate surface area is 375 Å². The summed E-state index contributed by atoms with van der Waals surface area (Å²) in [5.74, 6) is -0.142. The average Bonchev–Trinajstić information content (AvgIpc) is 3.22. The van der Waals surface area contributed by atoms with E-state index in [0.717, 1.165) is 66.5 Å². The first-order valence-electron chi connectivity index (χ1n) is 21.4. The highest BCUT2D eigenvalue weighted by atomic mass is 32.2. The molecule has 0 fully saturated rings. The molecule has 1 aliphatic heterocycles. The molecule has 4 aromatic rings. The van der Waals surface area contributed by atoms with Gasteiger partial charge in [0.2, 0.25) is 11.8 Å². The molecule has 0 unspecified atom stereocenters. The van der Waals surface area contributed by atoms with Crippen LogP contribution >= 0.6 is 0 Å². The Hall–Kier alpha value is -5.87. The maximum Gasteiger partial charge on any atom is 0.296 e. The fourth-order valence-corrected chi connectivity index (χ4v) is 9.65. The molecule has 0 atom stereocenters. The molecule has 15 heteroatoms. The lowest BCUT2D eigenvalue weighted by molar-refractivity contribution is -0.117. The van der Waals surface area contributed by atoms with Gasteiger partial charge in [-0.15, -0.1) is 0 Å². The molecule has 13 nitrogen and oxygen atoms in total. The van der Waals surface area contributed by atoms with Crippen molar-refractivity contribution in [2.24, 2.45) is 4.99 Å². The van der Waals surface area contributed by atoms with Crippen LogP contribution in [0.25, 0.3) is 33.4 Å². The van der Waals surface area contributed by atoms with Crippen molar-refractivity contribution in [3.8, 4) is 22.5 Å². The van der Waals surface area contributed by atoms with Gasteiger partial charge >= 0.3 is 0 Å². The van der Waals surface area contributed by atoms with E-state index in [4.69, 9.17) is 9.41 Å². The molecule has 4 aromatic carbocycles. The summed E-state index contributed by atoms with van der Waals surface area (Å²) in [6, 6.07) is 17.3. The predicted octanol–water partition coefficient (Wildman–Crippen LogP) is 11.6. The molecule has 0 bridgehead atoms. The number of carbonyl (C=O) groups is 2. The number of unbranched alkanes of at least 4 members (excludes halogenated alkanes) is 4. The largest absolute Gasteiger partial charge is 0.456 e. The zero-order valence-corrected chi connectivity index (χ0v) is 39.2. The minimum atomic E-state index is -4.99. The van der Waals surface area contributed by atoms with E-state index in [1.54, 1.807) is 38.1 Å². The van der Waals surface area contributed by atoms with Crippen LogP contribution in [-0.2, 0) is 29.8 Å². The van der Waals surface area contributed by atoms with Crippen LogP contribution in [-0.4, -0.2) is 37.8 Å². The molecule has 0 radical (unpaired) electrons. The number of fused-ring (bicyclic) bond motifs is 2. The van der Waals surface area contributed by atoms with Gasteiger partial charge in [0.25, 0.3) is 20.2 Å². The maximum absolute atomic E-state index is 13.3. The Bertz CT molecular complexity index is 3070. The summed E-state index contributed by atoms with van der Waals surface area (Å²) in [6.45, 7) is 15.4. The van der Waals surface area contributed by atoms with Crippen LogP contribution in [0, 0.1) is 41.5 Å². The number of benzene rings is 5. The van der Waals surface area contributed by atoms with Gasteiger partial charge in [-0.25, -0.2) is 4.99 Å². The quantitative estimate of drug-likeness (QED) is 0.0353. The van der Waals surface area contributed by atoms with Gasteiger partial charge < -0.3 is 20.4 Å². The third-order valence-electron chi connectivity index (χ3n) is 11.5. The first kappa shape index (κ1) is 47.6. The summed E-state index contributed by atoms with van der Waals surface area (Å²) in [5.41, 5.74) is 8.28. The van der Waals surface area contributed by atoms with E-state index in [9.17, 15) is 35.5 Å². The fraction of sp³-hybridized carbons (Fsp3) is 0.327. The molecule has 64 heavy (non-hydrogen) atoms. The summed E-state index contributed by atoms with van der Waals surface area (Å²) in [5, 5.41) is 9.77. The maximum atomic E-state index is 13.3. The number of nitrogens with zero attached hydrogens (tertiary/aromatic N) is 1. The van der Waals surface area contributed by atoms with Gasteiger partial charge in [-0.3, -0.25) is 18.7 Å². The van der Waals surface area contributed by atoms with E-state index in [1.165, 1.54) is 30.3 Å². The minimum absolute atomic E-state index is 0.0524. The first-order chi connectivity index (χ1) is 30.2. The molecule has 0 aromatic heterocycles. The van der Waals surface area contributed by atoms with Gasteiger partial charge in [0, 0.05) is 69.8 Å². The van der Waals surface area contributed by atoms with Crippen LogP contribution in [0.3, 0.4) is 0 Å². The topological polar surface area (TPSA) is 204 Å². The predicted molar refractivity (Wildman–Crippen MR) is 253 cm³/mol. The average molecular weight is 909 g/mol. The normalized spacial score (nSPS) is 12.2. The Morgan fingerprint density at radius 1 is 0.625 bits per heavy atom. The van der Waals surface area contributed by atoms with E-state index in [1.807, 2.05) is 39.8 Å². The number of amides is 2. The van der Waals surface area contributed by atoms with Crippen molar-refractivity contribution in [1.82, 2.24) is 0 Å². The molecule has 338 valence electrons. The zero-order valence-electron chi connectivity index (χ0n) is 37.5. The summed E-state index contributed by atoms with van der Waals surface area (Å²) >= 11 is 0. The van der Waals surface area contributed by atoms with Crippen molar-refractivity contribution < 1.29 is 39.9 Å². The van der Waals surface area contributed by atoms with Gasteiger partial charge in [0.05, 0.1) is 11.0 Å². The Morgan fingerprint density at radius 2 is 1.19 bits per heavy atom. The molecular formula is C49H56N4O9S2. The minimum Gasteiger partial charge on any atom is -0.456 e. The van der Waals surface area contributed by atoms with E-state index in [2.05, 4.69) is 29.8 Å². The molecular weight excluding hydrogens is 853 g/mol. The summed E-state index contributed by atoms with van der Waals surface area (Å²) in [7, 11) is -9.80. The highest BCUT2D eigenvalue weighted by molar-refractivity contribution is 7.86. The lowest BCUT2D eigenvalue weighted by atomic mass is 9.93. The second-order valence-corrected chi connectivity index (χ2v) is 19.2. The Kier molecular flexibility index (Phi) is 14.5. The fourth-order valence-electron chi connectivity index (χ4n) is 8.32. The lowest BCUT2D eigenvalue weighted by Crippen LogP contribution is -2.17. The van der Waals surface area contributed by atoms with Crippen LogP contribution in [0.2, 0.25) is 0 Å². The molecule has 0 spiro atoms. The first-order valence-corrected chi connectivity index (χ1v) is 24.3. The van der Waals surface area contributed by atoms with Crippen LogP contribution in [0.5, 0.6) is 0 Å². The van der Waals surface area contributed by atoms with Crippen LogP contribution in [0.1, 0.15) is 98.6 Å². The van der Waals surface area contributed by atoms with Gasteiger partial charge in [-0.1, -0.05) is 69.9 Å². The monoisotopic (exact) mass is 908 g/mol. The molecule has 2 aliphatic rings. The van der Waals surface area contributed by atoms with Gasteiger partial charge in [0.1, 0.15) is 21.1 Å². The molecule has 1 heterocycles. The van der Waals surface area contributed by atoms with Crippen molar-refractivity contribution >= 4 is 71.5 Å². The van der Waals surface area contributed by atoms with Crippen molar-refractivity contribution in [2.75, 3.05) is 16.0 Å². The third kappa shape index (κ3) is 10.4. The summed E-state index contributed by atoms with van der Waals surface area (Å²) < 4.78 is 79.9. The van der Waals surface area contributed by atoms with E-state index in [0.29, 0.717) is 52.1 Å². The van der Waals surface area contributed by atoms with Crippen LogP contribution in [0.4, 0.5) is 28.4 Å². The standard InChI is InChI=1S/C49H56N4O9S2/c1-9-11-13-19-43(54)52-48-30(5)23-28(3)46(32(48)7)50-34-21-22-35-39(25-34)62-40-27-38(51-47-29(4)24-31(6)49(33(47)8)53-44(55)20-14-12-10-2)42(64(59,60)61)26-37(40)45(35)36-17-15-16-18-41(36)63(56,57)58/h15-18,21-27,50H,9-14,19-20H2,1-8H3,(H,52,54)(H,53,55)(H,56,57,58)(H,59,60,61). The van der Waals surface area contributed by atoms with E-state index < -0.39 is 30.0 Å². The molecule has 2 amide bonds. The highest BCUT2D eigenvalue weighted by Gasteiger charge is 2.27. The van der Waals surface area contributed by atoms with E-state index in [-0.39, 0.29) is 45.2 Å². The molecule has 0 saturated carbocycles. The van der Waals surface area contributed by atoms with Crippen LogP contribution < -0.4 is 21.3 Å². The second kappa shape index (κ2) is 19.5. The summed E-state index contributed by atoms with van der Waals surface area (Å²) in [4.78, 5) is 29.6. The second-order valence-electron chi connectivity index (χ2n) is 16.4. The Morgan fingerprint density at radius 3 is 1.78 bits per heavy atom. The number of aryl methyl sites for hydroxylation is 4. The van der Waals surface area contributed by atoms with Crippen molar-refractivity contribution in [3.05, 3.63) is 105 Å². The summed E-state index contributed by atoms with van der Waals surface area (Å²) in [6.07, 6.45) is 6.11. The number of hydrogen-bond donors (Lipinski definition) is 5. The van der Waals surface area contributed by atoms with Gasteiger partial charge in [-0.2, -0.15) is 16.8 Å². The molecule has 1 aliphatic carbocycles. The smallest absolute Gasteiger partial charge is 0.296 e. The van der Waals surface area contributed by atoms with Crippen molar-refractivity contribution in [2.45, 2.75) is 117 Å². The van der Waals surface area contributed by atoms with Gasteiger partial charge in [-0.05, 0) is 112 Å². The van der Waals surface area contributed by atoms with E-state index >= 15 is 0 Å². The zero-order chi connectivity index (χ0) is 46.7. The van der Waals surface area contributed by atoms with Crippen molar-refractivity contribution in [3.63, 3.8) is 0 Å². The molecule has 6 rings (SSSR count). The number of hydrogen-bond acceptors (Lipinski definition) is 9. The highest BCUT2D eigenvalue weighted by Crippen LogP contribution is 2.44. The number of carbonyl (C=O) groups excluding carboxylic acids is 2. The number of nitrogens with one attached hydrogen (secondary N) is 3. The Balaban J connectivity index is 1.59. The third-order valence-corrected chi connectivity index (χ3v) is 13.3. The van der Waals surface area contributed by atoms with Crippen molar-refractivity contribution in [1.29, 1.82) is 0 Å². The molecule has 5 N–H and O–H groups in total. The number of anilines is 4. The molecule has 0 saturated heterocycles. The van der Waals surface area contributed by atoms with Crippen LogP contribution in [0.15, 0.2) is 85.9 Å².